The number of hydrogen-bond donors (Lipinski definition) is 0. The van der Waals surface area contributed by atoms with Crippen LogP contribution in [0.2, 0.25) is 0 Å². The number of pyridine rings is 1. The van der Waals surface area contributed by atoms with E-state index in [9.17, 15) is 0 Å². The van der Waals surface area contributed by atoms with E-state index in [1.807, 2.05) is 18.2 Å². The average molecular weight is 370 g/mol. The molecule has 0 unspecified atom stereocenters. The number of fused-ring (bicyclic) bond motifs is 1. The number of halogens is 1. The first-order chi connectivity index (χ1) is 11.2. The van der Waals surface area contributed by atoms with Crippen LogP contribution in [0, 0.1) is 6.92 Å². The first-order valence-electron chi connectivity index (χ1n) is 7.61. The van der Waals surface area contributed by atoms with Crippen molar-refractivity contribution >= 4 is 21.6 Å². The average Bonchev–Trinajstić information content (AvgIpc) is 2.98. The Balaban J connectivity index is 1.63. The summed E-state index contributed by atoms with van der Waals surface area (Å²) in [6, 6.07) is 12.2. The second-order valence-corrected chi connectivity index (χ2v) is 6.68. The maximum atomic E-state index is 5.98. The number of oxazole rings is 1. The van der Waals surface area contributed by atoms with Gasteiger partial charge in [-0.15, -0.1) is 0 Å². The summed E-state index contributed by atoms with van der Waals surface area (Å²) in [5.41, 5.74) is 4.28. The molecule has 3 aromatic rings. The van der Waals surface area contributed by atoms with Crippen LogP contribution in [-0.2, 0) is 13.0 Å². The Labute approximate surface area is 143 Å². The maximum absolute atomic E-state index is 5.98. The molecule has 5 heteroatoms. The molecule has 1 aromatic carbocycles. The number of nitrogens with zero attached hydrogens (tertiary/aromatic N) is 3. The van der Waals surface area contributed by atoms with Crippen LogP contribution < -0.4 is 4.90 Å². The number of aromatic nitrogens is 2. The quantitative estimate of drug-likeness (QED) is 0.672. The molecule has 0 saturated carbocycles. The molecule has 116 valence electrons. The minimum Gasteiger partial charge on any atom is -0.438 e. The zero-order chi connectivity index (χ0) is 15.8. The summed E-state index contributed by atoms with van der Waals surface area (Å²) >= 11 is 3.58. The Morgan fingerprint density at radius 3 is 2.91 bits per heavy atom. The highest BCUT2D eigenvalue weighted by molar-refractivity contribution is 9.10. The summed E-state index contributed by atoms with van der Waals surface area (Å²) in [4.78, 5) is 11.3. The van der Waals surface area contributed by atoms with Gasteiger partial charge in [-0.1, -0.05) is 22.0 Å². The molecule has 0 aliphatic carbocycles. The normalized spacial score (nSPS) is 13.9. The predicted molar refractivity (Wildman–Crippen MR) is 93.4 cm³/mol. The van der Waals surface area contributed by atoms with Gasteiger partial charge in [0.25, 0.3) is 0 Å². The Bertz CT molecular complexity index is 824. The first kappa shape index (κ1) is 14.5. The van der Waals surface area contributed by atoms with Gasteiger partial charge in [-0.2, -0.15) is 0 Å². The third kappa shape index (κ3) is 2.88. The fourth-order valence-corrected chi connectivity index (χ4v) is 3.51. The molecule has 3 heterocycles. The van der Waals surface area contributed by atoms with Crippen molar-refractivity contribution in [3.63, 3.8) is 0 Å². The molecular weight excluding hydrogens is 354 g/mol. The summed E-state index contributed by atoms with van der Waals surface area (Å²) < 4.78 is 7.08. The molecule has 1 aliphatic heterocycles. The van der Waals surface area contributed by atoms with Crippen LogP contribution in [0.1, 0.15) is 17.0 Å². The topological polar surface area (TPSA) is 42.2 Å². The summed E-state index contributed by atoms with van der Waals surface area (Å²) in [6.07, 6.45) is 2.65. The molecule has 0 amide bonds. The lowest BCUT2D eigenvalue weighted by Gasteiger charge is -2.27. The van der Waals surface area contributed by atoms with Crippen molar-refractivity contribution in [2.45, 2.75) is 19.9 Å². The van der Waals surface area contributed by atoms with E-state index in [4.69, 9.17) is 4.42 Å². The third-order valence-electron chi connectivity index (χ3n) is 4.01. The lowest BCUT2D eigenvalue weighted by molar-refractivity contribution is 0.494. The van der Waals surface area contributed by atoms with Gasteiger partial charge >= 0.3 is 0 Å². The highest BCUT2D eigenvalue weighted by Crippen LogP contribution is 2.30. The molecule has 1 aliphatic rings. The second kappa shape index (κ2) is 5.81. The Kier molecular flexibility index (Phi) is 3.65. The van der Waals surface area contributed by atoms with Crippen LogP contribution in [0.5, 0.6) is 0 Å². The largest absolute Gasteiger partial charge is 0.438 e. The van der Waals surface area contributed by atoms with Crippen molar-refractivity contribution in [3.8, 4) is 11.6 Å². The number of rotatable bonds is 2. The molecule has 0 bridgehead atoms. The molecule has 0 radical (unpaired) electrons. The van der Waals surface area contributed by atoms with E-state index in [1.165, 1.54) is 11.3 Å². The zero-order valence-corrected chi connectivity index (χ0v) is 14.4. The highest BCUT2D eigenvalue weighted by Gasteiger charge is 2.23. The van der Waals surface area contributed by atoms with E-state index in [-0.39, 0.29) is 0 Å². The highest BCUT2D eigenvalue weighted by atomic mass is 79.9. The number of benzene rings is 1. The van der Waals surface area contributed by atoms with Crippen LogP contribution in [0.15, 0.2) is 51.5 Å². The van der Waals surface area contributed by atoms with Crippen molar-refractivity contribution < 1.29 is 4.42 Å². The van der Waals surface area contributed by atoms with E-state index >= 15 is 0 Å². The molecule has 4 nitrogen and oxygen atoms in total. The van der Waals surface area contributed by atoms with Gasteiger partial charge in [0.05, 0.1) is 12.2 Å². The van der Waals surface area contributed by atoms with Crippen LogP contribution in [-0.4, -0.2) is 16.5 Å². The van der Waals surface area contributed by atoms with Gasteiger partial charge in [0, 0.05) is 29.3 Å². The number of aryl methyl sites for hydroxylation is 1. The van der Waals surface area contributed by atoms with Crippen LogP contribution in [0.4, 0.5) is 5.69 Å². The predicted octanol–water partition coefficient (Wildman–Crippen LogP) is 4.37. The van der Waals surface area contributed by atoms with Crippen LogP contribution in [0.25, 0.3) is 11.6 Å². The Morgan fingerprint density at radius 2 is 2.13 bits per heavy atom. The molecule has 0 N–H and O–H groups in total. The van der Waals surface area contributed by atoms with E-state index in [1.54, 1.807) is 6.20 Å². The minimum absolute atomic E-state index is 0.614. The monoisotopic (exact) mass is 369 g/mol. The second-order valence-electron chi connectivity index (χ2n) is 5.76. The summed E-state index contributed by atoms with van der Waals surface area (Å²) in [5, 5.41) is 0. The van der Waals surface area contributed by atoms with Gasteiger partial charge in [-0.3, -0.25) is 4.98 Å². The van der Waals surface area contributed by atoms with Crippen molar-refractivity contribution in [3.05, 3.63) is 64.1 Å². The molecular formula is C18H16BrN3O. The fourth-order valence-electron chi connectivity index (χ4n) is 2.91. The maximum Gasteiger partial charge on any atom is 0.245 e. The van der Waals surface area contributed by atoms with Gasteiger partial charge in [-0.25, -0.2) is 4.98 Å². The van der Waals surface area contributed by atoms with E-state index in [2.05, 4.69) is 55.9 Å². The molecule has 2 aromatic heterocycles. The molecule has 0 fully saturated rings. The Hall–Kier alpha value is -2.14. The standard InChI is InChI=1S/C18H16BrN3O/c1-12-8-13(19)10-14(9-12)22-7-5-15-17(11-22)23-18(21-15)16-4-2-3-6-20-16/h2-4,6,8-10H,5,7,11H2,1H3. The van der Waals surface area contributed by atoms with Crippen LogP contribution >= 0.6 is 15.9 Å². The number of hydrogen-bond acceptors (Lipinski definition) is 4. The fraction of sp³-hybridized carbons (Fsp3) is 0.222. The van der Waals surface area contributed by atoms with Crippen molar-refractivity contribution in [1.82, 2.24) is 9.97 Å². The third-order valence-corrected chi connectivity index (χ3v) is 4.47. The summed E-state index contributed by atoms with van der Waals surface area (Å²) in [6.45, 7) is 3.79. The van der Waals surface area contributed by atoms with E-state index < -0.39 is 0 Å². The minimum atomic E-state index is 0.614. The molecule has 4 rings (SSSR count). The lowest BCUT2D eigenvalue weighted by Crippen LogP contribution is -2.29. The van der Waals surface area contributed by atoms with Crippen molar-refractivity contribution in [2.75, 3.05) is 11.4 Å². The van der Waals surface area contributed by atoms with Gasteiger partial charge in [0.15, 0.2) is 0 Å². The van der Waals surface area contributed by atoms with Gasteiger partial charge in [0.2, 0.25) is 5.89 Å². The van der Waals surface area contributed by atoms with Crippen LogP contribution in [0.3, 0.4) is 0 Å². The van der Waals surface area contributed by atoms with Crippen molar-refractivity contribution in [2.24, 2.45) is 0 Å². The first-order valence-corrected chi connectivity index (χ1v) is 8.40. The van der Waals surface area contributed by atoms with E-state index in [0.29, 0.717) is 5.89 Å². The van der Waals surface area contributed by atoms with Gasteiger partial charge in [-0.05, 0) is 42.8 Å². The summed E-state index contributed by atoms with van der Waals surface area (Å²) in [5.74, 6) is 1.55. The Morgan fingerprint density at radius 1 is 1.22 bits per heavy atom. The molecule has 23 heavy (non-hydrogen) atoms. The summed E-state index contributed by atoms with van der Waals surface area (Å²) in [7, 11) is 0. The zero-order valence-electron chi connectivity index (χ0n) is 12.8. The van der Waals surface area contributed by atoms with Gasteiger partial charge < -0.3 is 9.32 Å². The molecule has 0 atom stereocenters. The smallest absolute Gasteiger partial charge is 0.245 e. The SMILES string of the molecule is Cc1cc(Br)cc(N2CCc3nc(-c4ccccn4)oc3C2)c1. The van der Waals surface area contributed by atoms with Crippen molar-refractivity contribution in [1.29, 1.82) is 0 Å². The van der Waals surface area contributed by atoms with Gasteiger partial charge in [0.1, 0.15) is 11.5 Å². The number of anilines is 1. The van der Waals surface area contributed by atoms with E-state index in [0.717, 1.165) is 41.1 Å². The lowest BCUT2D eigenvalue weighted by atomic mass is 10.1. The molecule has 0 saturated heterocycles. The molecule has 0 spiro atoms.